The van der Waals surface area contributed by atoms with E-state index in [1.807, 2.05) is 0 Å². The summed E-state index contributed by atoms with van der Waals surface area (Å²) in [6, 6.07) is -0.218. The van der Waals surface area contributed by atoms with E-state index in [1.165, 1.54) is 0 Å². The molecule has 0 saturated carbocycles. The van der Waals surface area contributed by atoms with Crippen LogP contribution in [0.1, 0.15) is 19.3 Å². The predicted octanol–water partition coefficient (Wildman–Crippen LogP) is -0.832. The van der Waals surface area contributed by atoms with Gasteiger partial charge in [0.1, 0.15) is 6.29 Å². The summed E-state index contributed by atoms with van der Waals surface area (Å²) in [7, 11) is 0. The fourth-order valence-corrected chi connectivity index (χ4v) is 0.569. The molecule has 1 amide bonds. The highest BCUT2D eigenvalue weighted by atomic mass is 16.1. The van der Waals surface area contributed by atoms with Crippen molar-refractivity contribution in [1.29, 1.82) is 0 Å². The van der Waals surface area contributed by atoms with Gasteiger partial charge in [0.15, 0.2) is 0 Å². The molecule has 0 aliphatic rings. The van der Waals surface area contributed by atoms with Gasteiger partial charge < -0.3 is 16.3 Å². The molecule has 1 unspecified atom stereocenters. The molecule has 0 aromatic carbocycles. The van der Waals surface area contributed by atoms with Gasteiger partial charge in [-0.05, 0) is 6.42 Å². The highest BCUT2D eigenvalue weighted by molar-refractivity contribution is 5.73. The second-order valence-corrected chi connectivity index (χ2v) is 2.17. The SMILES string of the molecule is NC(=O)CCC(N)CC=O. The maximum absolute atomic E-state index is 10.2. The Balaban J connectivity index is 3.29. The minimum atomic E-state index is -0.374. The first-order valence-electron chi connectivity index (χ1n) is 3.14. The summed E-state index contributed by atoms with van der Waals surface area (Å²) in [5.41, 5.74) is 10.2. The molecular weight excluding hydrogens is 132 g/mol. The minimum Gasteiger partial charge on any atom is -0.370 e. The first-order chi connectivity index (χ1) is 4.66. The Hall–Kier alpha value is -0.900. The zero-order valence-corrected chi connectivity index (χ0v) is 5.75. The normalized spacial score (nSPS) is 12.5. The van der Waals surface area contributed by atoms with Crippen molar-refractivity contribution in [2.75, 3.05) is 0 Å². The highest BCUT2D eigenvalue weighted by Gasteiger charge is 2.02. The molecule has 0 aliphatic heterocycles. The van der Waals surface area contributed by atoms with Crippen LogP contribution in [0.2, 0.25) is 0 Å². The maximum atomic E-state index is 10.2. The van der Waals surface area contributed by atoms with E-state index >= 15 is 0 Å². The number of carbonyl (C=O) groups is 2. The van der Waals surface area contributed by atoms with Crippen molar-refractivity contribution in [2.24, 2.45) is 11.5 Å². The van der Waals surface area contributed by atoms with E-state index in [0.717, 1.165) is 6.29 Å². The lowest BCUT2D eigenvalue weighted by Gasteiger charge is -2.03. The molecule has 0 rings (SSSR count). The second kappa shape index (κ2) is 4.93. The van der Waals surface area contributed by atoms with Crippen molar-refractivity contribution in [3.8, 4) is 0 Å². The lowest BCUT2D eigenvalue weighted by molar-refractivity contribution is -0.118. The molecule has 58 valence electrons. The molecule has 0 saturated heterocycles. The van der Waals surface area contributed by atoms with Gasteiger partial charge in [-0.2, -0.15) is 0 Å². The fraction of sp³-hybridized carbons (Fsp3) is 0.667. The van der Waals surface area contributed by atoms with Crippen LogP contribution in [0.3, 0.4) is 0 Å². The van der Waals surface area contributed by atoms with Crippen LogP contribution in [-0.4, -0.2) is 18.2 Å². The van der Waals surface area contributed by atoms with Gasteiger partial charge in [-0.25, -0.2) is 0 Å². The molecule has 10 heavy (non-hydrogen) atoms. The molecule has 0 aromatic heterocycles. The summed E-state index contributed by atoms with van der Waals surface area (Å²) < 4.78 is 0. The van der Waals surface area contributed by atoms with Crippen molar-refractivity contribution < 1.29 is 9.59 Å². The Kier molecular flexibility index (Phi) is 4.49. The highest BCUT2D eigenvalue weighted by Crippen LogP contribution is 1.95. The third kappa shape index (κ3) is 5.24. The van der Waals surface area contributed by atoms with E-state index in [4.69, 9.17) is 11.5 Å². The topological polar surface area (TPSA) is 86.2 Å². The summed E-state index contributed by atoms with van der Waals surface area (Å²) in [6.45, 7) is 0. The molecule has 4 nitrogen and oxygen atoms in total. The Labute approximate surface area is 59.6 Å². The van der Waals surface area contributed by atoms with Crippen LogP contribution in [0.25, 0.3) is 0 Å². The lowest BCUT2D eigenvalue weighted by atomic mass is 10.1. The van der Waals surface area contributed by atoms with Crippen LogP contribution in [0.5, 0.6) is 0 Å². The number of primary amides is 1. The van der Waals surface area contributed by atoms with Crippen molar-refractivity contribution in [2.45, 2.75) is 25.3 Å². The Bertz CT molecular complexity index is 125. The first kappa shape index (κ1) is 9.10. The van der Waals surface area contributed by atoms with E-state index in [1.54, 1.807) is 0 Å². The fourth-order valence-electron chi connectivity index (χ4n) is 0.569. The van der Waals surface area contributed by atoms with Crippen LogP contribution < -0.4 is 11.5 Å². The smallest absolute Gasteiger partial charge is 0.217 e. The van der Waals surface area contributed by atoms with Crippen LogP contribution >= 0.6 is 0 Å². The zero-order valence-electron chi connectivity index (χ0n) is 5.75. The van der Waals surface area contributed by atoms with Crippen LogP contribution in [0.15, 0.2) is 0 Å². The number of rotatable bonds is 5. The van der Waals surface area contributed by atoms with E-state index < -0.39 is 0 Å². The number of aldehydes is 1. The lowest BCUT2D eigenvalue weighted by Crippen LogP contribution is -2.23. The van der Waals surface area contributed by atoms with E-state index in [-0.39, 0.29) is 18.4 Å². The van der Waals surface area contributed by atoms with Crippen LogP contribution in [-0.2, 0) is 9.59 Å². The Morgan fingerprint density at radius 3 is 2.60 bits per heavy atom. The zero-order chi connectivity index (χ0) is 7.98. The van der Waals surface area contributed by atoms with Crippen molar-refractivity contribution in [1.82, 2.24) is 0 Å². The van der Waals surface area contributed by atoms with Crippen molar-refractivity contribution in [3.63, 3.8) is 0 Å². The van der Waals surface area contributed by atoms with Gasteiger partial charge in [0.05, 0.1) is 0 Å². The van der Waals surface area contributed by atoms with Gasteiger partial charge in [0.25, 0.3) is 0 Å². The number of carbonyl (C=O) groups excluding carboxylic acids is 2. The average Bonchev–Trinajstić information content (AvgIpc) is 1.85. The van der Waals surface area contributed by atoms with Gasteiger partial charge >= 0.3 is 0 Å². The number of hydrogen-bond acceptors (Lipinski definition) is 3. The summed E-state index contributed by atoms with van der Waals surface area (Å²) >= 11 is 0. The molecule has 0 spiro atoms. The van der Waals surface area contributed by atoms with Gasteiger partial charge in [0, 0.05) is 18.9 Å². The molecule has 0 bridgehead atoms. The monoisotopic (exact) mass is 144 g/mol. The third-order valence-electron chi connectivity index (χ3n) is 1.16. The second-order valence-electron chi connectivity index (χ2n) is 2.17. The van der Waals surface area contributed by atoms with Crippen LogP contribution in [0, 0.1) is 0 Å². The van der Waals surface area contributed by atoms with E-state index in [0.29, 0.717) is 12.8 Å². The molecule has 4 N–H and O–H groups in total. The van der Waals surface area contributed by atoms with Gasteiger partial charge in [0.2, 0.25) is 5.91 Å². The van der Waals surface area contributed by atoms with Crippen molar-refractivity contribution >= 4 is 12.2 Å². The molecule has 1 atom stereocenters. The Morgan fingerprint density at radius 1 is 1.60 bits per heavy atom. The van der Waals surface area contributed by atoms with E-state index in [2.05, 4.69) is 0 Å². The Morgan fingerprint density at radius 2 is 2.20 bits per heavy atom. The molecule has 0 heterocycles. The molecular formula is C6H12N2O2. The van der Waals surface area contributed by atoms with E-state index in [9.17, 15) is 9.59 Å². The number of hydrogen-bond donors (Lipinski definition) is 2. The summed E-state index contributed by atoms with van der Waals surface area (Å²) in [5, 5.41) is 0. The number of nitrogens with two attached hydrogens (primary N) is 2. The average molecular weight is 144 g/mol. The number of amides is 1. The van der Waals surface area contributed by atoms with Gasteiger partial charge in [-0.1, -0.05) is 0 Å². The standard InChI is InChI=1S/C6H12N2O2/c7-5(3-4-9)1-2-6(8)10/h4-5H,1-3,7H2,(H2,8,10). The molecule has 0 fully saturated rings. The molecule has 4 heteroatoms. The first-order valence-corrected chi connectivity index (χ1v) is 3.14. The quantitative estimate of drug-likeness (QED) is 0.494. The molecule has 0 aromatic rings. The van der Waals surface area contributed by atoms with Gasteiger partial charge in [-0.15, -0.1) is 0 Å². The largest absolute Gasteiger partial charge is 0.370 e. The summed E-state index contributed by atoms with van der Waals surface area (Å²) in [4.78, 5) is 20.1. The van der Waals surface area contributed by atoms with Crippen molar-refractivity contribution in [3.05, 3.63) is 0 Å². The summed E-state index contributed by atoms with van der Waals surface area (Å²) in [6.07, 6.45) is 1.79. The molecule has 0 aliphatic carbocycles. The predicted molar refractivity (Wildman–Crippen MR) is 37.1 cm³/mol. The molecule has 0 radical (unpaired) electrons. The third-order valence-corrected chi connectivity index (χ3v) is 1.16. The van der Waals surface area contributed by atoms with Gasteiger partial charge in [-0.3, -0.25) is 4.79 Å². The minimum absolute atomic E-state index is 0.218. The maximum Gasteiger partial charge on any atom is 0.217 e. The summed E-state index contributed by atoms with van der Waals surface area (Å²) in [5.74, 6) is -0.374. The van der Waals surface area contributed by atoms with Crippen LogP contribution in [0.4, 0.5) is 0 Å².